The summed E-state index contributed by atoms with van der Waals surface area (Å²) in [5.41, 5.74) is 4.67. The van der Waals surface area contributed by atoms with Crippen molar-refractivity contribution in [2.24, 2.45) is 0 Å². The Morgan fingerprint density at radius 1 is 1.00 bits per heavy atom. The predicted octanol–water partition coefficient (Wildman–Crippen LogP) is 4.59. The Kier molecular flexibility index (Phi) is 5.20. The maximum Gasteiger partial charge on any atom is 0.123 e. The molecule has 0 fully saturated rings. The van der Waals surface area contributed by atoms with E-state index >= 15 is 0 Å². The number of aryl methyl sites for hydroxylation is 1. The van der Waals surface area contributed by atoms with E-state index in [-0.39, 0.29) is 5.82 Å². The minimum Gasteiger partial charge on any atom is -0.381 e. The van der Waals surface area contributed by atoms with Crippen molar-refractivity contribution < 1.29 is 4.39 Å². The van der Waals surface area contributed by atoms with E-state index in [1.807, 2.05) is 12.1 Å². The van der Waals surface area contributed by atoms with Crippen molar-refractivity contribution in [3.05, 3.63) is 59.4 Å². The quantitative estimate of drug-likeness (QED) is 0.835. The molecule has 0 aliphatic carbocycles. The Balaban J connectivity index is 2.05. The summed E-state index contributed by atoms with van der Waals surface area (Å²) in [5, 5.41) is 3.41. The van der Waals surface area contributed by atoms with Gasteiger partial charge in [-0.15, -0.1) is 0 Å². The lowest BCUT2D eigenvalue weighted by atomic mass is 10.1. The number of anilines is 2. The molecule has 1 N–H and O–H groups in total. The van der Waals surface area contributed by atoms with E-state index in [0.29, 0.717) is 6.54 Å². The first kappa shape index (κ1) is 15.4. The number of halogens is 1. The smallest absolute Gasteiger partial charge is 0.123 e. The van der Waals surface area contributed by atoms with Crippen LogP contribution < -0.4 is 10.2 Å². The second kappa shape index (κ2) is 7.11. The standard InChI is InChI=1S/C18H23FN2/c1-4-21(5-2)17-10-11-18(14(3)12-17)20-13-15-6-8-16(19)9-7-15/h6-12,20H,4-5,13H2,1-3H3. The van der Waals surface area contributed by atoms with Gasteiger partial charge in [0.05, 0.1) is 0 Å². The molecule has 0 saturated carbocycles. The lowest BCUT2D eigenvalue weighted by molar-refractivity contribution is 0.627. The molecule has 0 spiro atoms. The van der Waals surface area contributed by atoms with E-state index in [2.05, 4.69) is 49.2 Å². The molecule has 0 aromatic heterocycles. The van der Waals surface area contributed by atoms with Crippen LogP contribution in [-0.4, -0.2) is 13.1 Å². The van der Waals surface area contributed by atoms with Crippen LogP contribution in [0.4, 0.5) is 15.8 Å². The van der Waals surface area contributed by atoms with Gasteiger partial charge in [0.2, 0.25) is 0 Å². The second-order valence-electron chi connectivity index (χ2n) is 5.15. The number of nitrogens with one attached hydrogen (secondary N) is 1. The van der Waals surface area contributed by atoms with Gasteiger partial charge in [0.1, 0.15) is 5.82 Å². The zero-order chi connectivity index (χ0) is 15.2. The van der Waals surface area contributed by atoms with Gasteiger partial charge >= 0.3 is 0 Å². The lowest BCUT2D eigenvalue weighted by Gasteiger charge is -2.22. The van der Waals surface area contributed by atoms with Crippen molar-refractivity contribution in [2.45, 2.75) is 27.3 Å². The van der Waals surface area contributed by atoms with Crippen LogP contribution >= 0.6 is 0 Å². The van der Waals surface area contributed by atoms with Gasteiger partial charge in [0.25, 0.3) is 0 Å². The zero-order valence-electron chi connectivity index (χ0n) is 13.0. The number of nitrogens with zero attached hydrogens (tertiary/aromatic N) is 1. The second-order valence-corrected chi connectivity index (χ2v) is 5.15. The van der Waals surface area contributed by atoms with Crippen LogP contribution in [-0.2, 0) is 6.54 Å². The first-order chi connectivity index (χ1) is 10.1. The number of benzene rings is 2. The van der Waals surface area contributed by atoms with Crippen LogP contribution in [0.15, 0.2) is 42.5 Å². The van der Waals surface area contributed by atoms with Gasteiger partial charge in [-0.3, -0.25) is 0 Å². The highest BCUT2D eigenvalue weighted by atomic mass is 19.1. The van der Waals surface area contributed by atoms with Crippen LogP contribution in [0.5, 0.6) is 0 Å². The molecule has 0 saturated heterocycles. The highest BCUT2D eigenvalue weighted by Gasteiger charge is 2.05. The molecule has 0 atom stereocenters. The van der Waals surface area contributed by atoms with Gasteiger partial charge in [-0.05, 0) is 62.2 Å². The Hall–Kier alpha value is -2.03. The fourth-order valence-electron chi connectivity index (χ4n) is 2.43. The fraction of sp³-hybridized carbons (Fsp3) is 0.333. The summed E-state index contributed by atoms with van der Waals surface area (Å²) in [5.74, 6) is -0.196. The SMILES string of the molecule is CCN(CC)c1ccc(NCc2ccc(F)cc2)c(C)c1. The van der Waals surface area contributed by atoms with E-state index in [4.69, 9.17) is 0 Å². The average Bonchev–Trinajstić information content (AvgIpc) is 2.49. The topological polar surface area (TPSA) is 15.3 Å². The third-order valence-electron chi connectivity index (χ3n) is 3.73. The zero-order valence-corrected chi connectivity index (χ0v) is 13.0. The normalized spacial score (nSPS) is 10.5. The van der Waals surface area contributed by atoms with Gasteiger partial charge < -0.3 is 10.2 Å². The van der Waals surface area contributed by atoms with Crippen molar-refractivity contribution in [1.82, 2.24) is 0 Å². The van der Waals surface area contributed by atoms with E-state index in [0.717, 1.165) is 24.3 Å². The molecule has 2 rings (SSSR count). The first-order valence-electron chi connectivity index (χ1n) is 7.48. The molecule has 3 heteroatoms. The van der Waals surface area contributed by atoms with E-state index in [9.17, 15) is 4.39 Å². The summed E-state index contributed by atoms with van der Waals surface area (Å²) in [6, 6.07) is 13.1. The summed E-state index contributed by atoms with van der Waals surface area (Å²) < 4.78 is 12.9. The average molecular weight is 286 g/mol. The first-order valence-corrected chi connectivity index (χ1v) is 7.48. The predicted molar refractivity (Wildman–Crippen MR) is 88.5 cm³/mol. The Morgan fingerprint density at radius 2 is 1.67 bits per heavy atom. The lowest BCUT2D eigenvalue weighted by Crippen LogP contribution is -2.21. The van der Waals surface area contributed by atoms with E-state index < -0.39 is 0 Å². The minimum absolute atomic E-state index is 0.196. The summed E-state index contributed by atoms with van der Waals surface area (Å²) in [6.45, 7) is 9.17. The molecule has 0 bridgehead atoms. The molecular formula is C18H23FN2. The summed E-state index contributed by atoms with van der Waals surface area (Å²) in [7, 11) is 0. The van der Waals surface area contributed by atoms with Crippen LogP contribution in [0, 0.1) is 12.7 Å². The van der Waals surface area contributed by atoms with Crippen LogP contribution in [0.1, 0.15) is 25.0 Å². The maximum atomic E-state index is 12.9. The highest BCUT2D eigenvalue weighted by molar-refractivity contribution is 5.60. The fourth-order valence-corrected chi connectivity index (χ4v) is 2.43. The number of hydrogen-bond donors (Lipinski definition) is 1. The molecule has 21 heavy (non-hydrogen) atoms. The van der Waals surface area contributed by atoms with Crippen LogP contribution in [0.2, 0.25) is 0 Å². The largest absolute Gasteiger partial charge is 0.381 e. The Morgan fingerprint density at radius 3 is 2.24 bits per heavy atom. The van der Waals surface area contributed by atoms with Crippen molar-refractivity contribution in [2.75, 3.05) is 23.3 Å². The Labute approximate surface area is 126 Å². The van der Waals surface area contributed by atoms with E-state index in [1.165, 1.54) is 23.4 Å². The van der Waals surface area contributed by atoms with Crippen molar-refractivity contribution in [1.29, 1.82) is 0 Å². The van der Waals surface area contributed by atoms with Gasteiger partial charge in [0, 0.05) is 31.0 Å². The molecule has 2 aromatic rings. The molecular weight excluding hydrogens is 263 g/mol. The number of hydrogen-bond acceptors (Lipinski definition) is 2. The van der Waals surface area contributed by atoms with Gasteiger partial charge in [-0.1, -0.05) is 12.1 Å². The van der Waals surface area contributed by atoms with Gasteiger partial charge in [0.15, 0.2) is 0 Å². The molecule has 2 aromatic carbocycles. The monoisotopic (exact) mass is 286 g/mol. The highest BCUT2D eigenvalue weighted by Crippen LogP contribution is 2.23. The van der Waals surface area contributed by atoms with Crippen LogP contribution in [0.3, 0.4) is 0 Å². The summed E-state index contributed by atoms with van der Waals surface area (Å²) >= 11 is 0. The molecule has 0 aliphatic heterocycles. The molecule has 112 valence electrons. The number of rotatable bonds is 6. The van der Waals surface area contributed by atoms with Crippen LogP contribution in [0.25, 0.3) is 0 Å². The molecule has 0 aliphatic rings. The third kappa shape index (κ3) is 3.97. The molecule has 0 radical (unpaired) electrons. The van der Waals surface area contributed by atoms with Gasteiger partial charge in [-0.25, -0.2) is 4.39 Å². The minimum atomic E-state index is -0.196. The Bertz CT molecular complexity index is 574. The maximum absolute atomic E-state index is 12.9. The third-order valence-corrected chi connectivity index (χ3v) is 3.73. The van der Waals surface area contributed by atoms with Gasteiger partial charge in [-0.2, -0.15) is 0 Å². The summed E-state index contributed by atoms with van der Waals surface area (Å²) in [4.78, 5) is 2.33. The molecule has 0 amide bonds. The molecule has 0 unspecified atom stereocenters. The van der Waals surface area contributed by atoms with Crippen molar-refractivity contribution in [3.63, 3.8) is 0 Å². The van der Waals surface area contributed by atoms with E-state index in [1.54, 1.807) is 0 Å². The molecule has 2 nitrogen and oxygen atoms in total. The van der Waals surface area contributed by atoms with Crippen molar-refractivity contribution in [3.8, 4) is 0 Å². The summed E-state index contributed by atoms with van der Waals surface area (Å²) in [6.07, 6.45) is 0. The molecule has 0 heterocycles. The van der Waals surface area contributed by atoms with Crippen molar-refractivity contribution >= 4 is 11.4 Å².